The number of nitrogens with one attached hydrogen (secondary N) is 1. The van der Waals surface area contributed by atoms with Gasteiger partial charge in [-0.25, -0.2) is 8.42 Å². The normalized spacial score (nSPS) is 15.1. The Morgan fingerprint density at radius 1 is 1.00 bits per heavy atom. The number of hydrogen-bond donors (Lipinski definition) is 1. The van der Waals surface area contributed by atoms with E-state index in [2.05, 4.69) is 4.72 Å². The van der Waals surface area contributed by atoms with Gasteiger partial charge in [0.05, 0.1) is 36.8 Å². The van der Waals surface area contributed by atoms with Crippen molar-refractivity contribution >= 4 is 15.9 Å². The molecule has 178 valence electrons. The molecule has 0 spiro atoms. The van der Waals surface area contributed by atoms with Crippen molar-refractivity contribution in [3.05, 3.63) is 95.1 Å². The Labute approximate surface area is 200 Å². The van der Waals surface area contributed by atoms with Gasteiger partial charge in [0.1, 0.15) is 5.75 Å². The van der Waals surface area contributed by atoms with E-state index >= 15 is 0 Å². The third-order valence-electron chi connectivity index (χ3n) is 5.92. The molecule has 34 heavy (non-hydrogen) atoms. The molecule has 8 heteroatoms. The van der Waals surface area contributed by atoms with Gasteiger partial charge in [0.2, 0.25) is 10.0 Å². The van der Waals surface area contributed by atoms with Gasteiger partial charge in [-0.3, -0.25) is 4.79 Å². The van der Waals surface area contributed by atoms with Crippen LogP contribution < -0.4 is 9.46 Å². The summed E-state index contributed by atoms with van der Waals surface area (Å²) in [6.45, 7) is 3.73. The highest BCUT2D eigenvalue weighted by molar-refractivity contribution is 7.89. The molecule has 4 rings (SSSR count). The molecule has 0 bridgehead atoms. The molecule has 1 N–H and O–H groups in total. The number of hydrogen-bond acceptors (Lipinski definition) is 5. The average Bonchev–Trinajstić information content (AvgIpc) is 2.88. The first-order chi connectivity index (χ1) is 16.4. The van der Waals surface area contributed by atoms with Crippen LogP contribution in [-0.4, -0.2) is 52.6 Å². The first-order valence-corrected chi connectivity index (χ1v) is 12.6. The zero-order valence-corrected chi connectivity index (χ0v) is 20.0. The van der Waals surface area contributed by atoms with Gasteiger partial charge < -0.3 is 14.4 Å². The number of rotatable bonds is 7. The van der Waals surface area contributed by atoms with Crippen molar-refractivity contribution in [3.8, 4) is 5.75 Å². The number of morpholine rings is 1. The van der Waals surface area contributed by atoms with Gasteiger partial charge in [0.15, 0.2) is 0 Å². The number of ether oxygens (including phenoxy) is 2. The maximum atomic E-state index is 13.6. The molecule has 7 nitrogen and oxygen atoms in total. The molecule has 0 unspecified atom stereocenters. The summed E-state index contributed by atoms with van der Waals surface area (Å²) in [5.41, 5.74) is 2.85. The van der Waals surface area contributed by atoms with Crippen molar-refractivity contribution in [1.29, 1.82) is 0 Å². The smallest absolute Gasteiger partial charge is 0.257 e. The topological polar surface area (TPSA) is 84.9 Å². The van der Waals surface area contributed by atoms with Crippen molar-refractivity contribution in [2.45, 2.75) is 17.9 Å². The zero-order valence-electron chi connectivity index (χ0n) is 19.2. The van der Waals surface area contributed by atoms with Crippen LogP contribution in [0.4, 0.5) is 0 Å². The lowest BCUT2D eigenvalue weighted by Crippen LogP contribution is -2.41. The van der Waals surface area contributed by atoms with Gasteiger partial charge in [-0.15, -0.1) is 0 Å². The number of benzene rings is 3. The molecule has 0 aromatic heterocycles. The summed E-state index contributed by atoms with van der Waals surface area (Å²) in [5, 5.41) is 0. The summed E-state index contributed by atoms with van der Waals surface area (Å²) in [6.07, 6.45) is 0. The summed E-state index contributed by atoms with van der Waals surface area (Å²) in [6, 6.07) is 20.9. The molecule has 1 heterocycles. The quantitative estimate of drug-likeness (QED) is 0.559. The van der Waals surface area contributed by atoms with E-state index in [4.69, 9.17) is 9.47 Å². The molecular formula is C26H28N2O5S. The lowest BCUT2D eigenvalue weighted by Gasteiger charge is -2.27. The summed E-state index contributed by atoms with van der Waals surface area (Å²) in [5.74, 6) is 0.0460. The van der Waals surface area contributed by atoms with Crippen LogP contribution in [0.2, 0.25) is 0 Å². The fourth-order valence-corrected chi connectivity index (χ4v) is 5.28. The number of sulfonamides is 1. The monoisotopic (exact) mass is 480 g/mol. The second kappa shape index (κ2) is 10.4. The third-order valence-corrected chi connectivity index (χ3v) is 7.34. The van der Waals surface area contributed by atoms with Crippen LogP contribution in [0.25, 0.3) is 0 Å². The lowest BCUT2D eigenvalue weighted by molar-refractivity contribution is 0.0300. The number of carbonyl (C=O) groups excluding carboxylic acids is 1. The number of amides is 1. The predicted octanol–water partition coefficient (Wildman–Crippen LogP) is 3.54. The van der Waals surface area contributed by atoms with E-state index in [1.165, 1.54) is 25.3 Å². The largest absolute Gasteiger partial charge is 0.496 e. The molecule has 3 aromatic carbocycles. The molecule has 3 aromatic rings. The van der Waals surface area contributed by atoms with Crippen LogP contribution >= 0.6 is 0 Å². The molecule has 0 saturated carbocycles. The van der Waals surface area contributed by atoms with Crippen LogP contribution in [0.1, 0.15) is 33.1 Å². The Morgan fingerprint density at radius 3 is 2.35 bits per heavy atom. The van der Waals surface area contributed by atoms with Crippen LogP contribution in [0, 0.1) is 6.92 Å². The van der Waals surface area contributed by atoms with E-state index in [1.54, 1.807) is 4.90 Å². The van der Waals surface area contributed by atoms with Crippen LogP contribution in [-0.2, 0) is 14.8 Å². The molecule has 1 atom stereocenters. The van der Waals surface area contributed by atoms with Gasteiger partial charge >= 0.3 is 0 Å². The number of nitrogens with zero attached hydrogens (tertiary/aromatic N) is 1. The van der Waals surface area contributed by atoms with Crippen molar-refractivity contribution in [2.24, 2.45) is 0 Å². The Balaban J connectivity index is 1.71. The molecule has 1 aliphatic rings. The Kier molecular flexibility index (Phi) is 7.31. The Morgan fingerprint density at radius 2 is 1.68 bits per heavy atom. The van der Waals surface area contributed by atoms with E-state index in [1.807, 2.05) is 61.5 Å². The fraction of sp³-hybridized carbons (Fsp3) is 0.269. The minimum absolute atomic E-state index is 0.000533. The fourth-order valence-electron chi connectivity index (χ4n) is 4.05. The molecular weight excluding hydrogens is 452 g/mol. The van der Waals surface area contributed by atoms with E-state index in [-0.39, 0.29) is 16.4 Å². The van der Waals surface area contributed by atoms with Crippen molar-refractivity contribution in [3.63, 3.8) is 0 Å². The van der Waals surface area contributed by atoms with Crippen molar-refractivity contribution < 1.29 is 22.7 Å². The first-order valence-electron chi connectivity index (χ1n) is 11.1. The van der Waals surface area contributed by atoms with Gasteiger partial charge in [0.25, 0.3) is 5.91 Å². The molecule has 1 saturated heterocycles. The van der Waals surface area contributed by atoms with Gasteiger partial charge in [0, 0.05) is 13.1 Å². The summed E-state index contributed by atoms with van der Waals surface area (Å²) in [7, 11) is -2.53. The number of aryl methyl sites for hydroxylation is 1. The zero-order chi connectivity index (χ0) is 24.1. The lowest BCUT2D eigenvalue weighted by atomic mass is 9.96. The number of carbonyl (C=O) groups is 1. The van der Waals surface area contributed by atoms with E-state index in [9.17, 15) is 13.2 Å². The average molecular weight is 481 g/mol. The Bertz CT molecular complexity index is 1260. The third kappa shape index (κ3) is 5.14. The van der Waals surface area contributed by atoms with Crippen molar-refractivity contribution in [1.82, 2.24) is 9.62 Å². The van der Waals surface area contributed by atoms with Crippen LogP contribution in [0.15, 0.2) is 77.7 Å². The molecule has 0 aliphatic carbocycles. The van der Waals surface area contributed by atoms with Gasteiger partial charge in [-0.05, 0) is 41.8 Å². The highest BCUT2D eigenvalue weighted by Crippen LogP contribution is 2.29. The highest BCUT2D eigenvalue weighted by Gasteiger charge is 2.27. The van der Waals surface area contributed by atoms with E-state index in [0.717, 1.165) is 16.7 Å². The predicted molar refractivity (Wildman–Crippen MR) is 130 cm³/mol. The van der Waals surface area contributed by atoms with Gasteiger partial charge in [-0.1, -0.05) is 54.6 Å². The summed E-state index contributed by atoms with van der Waals surface area (Å²) in [4.78, 5) is 14.8. The second-order valence-corrected chi connectivity index (χ2v) is 9.80. The van der Waals surface area contributed by atoms with Crippen LogP contribution in [0.3, 0.4) is 0 Å². The first kappa shape index (κ1) is 23.9. The SMILES string of the molecule is COc1ccc(S(=O)(=O)N[C@H](c2ccccc2)c2ccccc2C)cc1C(=O)N1CCOCC1. The maximum Gasteiger partial charge on any atom is 0.257 e. The highest BCUT2D eigenvalue weighted by atomic mass is 32.2. The minimum atomic E-state index is -3.99. The molecule has 1 fully saturated rings. The molecule has 1 amide bonds. The summed E-state index contributed by atoms with van der Waals surface area (Å²) >= 11 is 0. The molecule has 1 aliphatic heterocycles. The molecule has 0 radical (unpaired) electrons. The summed E-state index contributed by atoms with van der Waals surface area (Å²) < 4.78 is 40.7. The second-order valence-electron chi connectivity index (χ2n) is 8.09. The minimum Gasteiger partial charge on any atom is -0.496 e. The maximum absolute atomic E-state index is 13.6. The number of methoxy groups -OCH3 is 1. The van der Waals surface area contributed by atoms with E-state index in [0.29, 0.717) is 32.1 Å². The van der Waals surface area contributed by atoms with Gasteiger partial charge in [-0.2, -0.15) is 4.72 Å². The van der Waals surface area contributed by atoms with E-state index < -0.39 is 16.1 Å². The van der Waals surface area contributed by atoms with Crippen LogP contribution in [0.5, 0.6) is 5.75 Å². The standard InChI is InChI=1S/C26H28N2O5S/c1-19-8-6-7-11-22(19)25(20-9-4-3-5-10-20)27-34(30,31)21-12-13-24(32-2)23(18-21)26(29)28-14-16-33-17-15-28/h3-13,18,25,27H,14-17H2,1-2H3/t25-/m1/s1. The Hall–Kier alpha value is -3.20. The van der Waals surface area contributed by atoms with Crippen molar-refractivity contribution in [2.75, 3.05) is 33.4 Å².